The largest absolute Gasteiger partial charge is 0.325 e. The predicted octanol–water partition coefficient (Wildman–Crippen LogP) is 2.55. The van der Waals surface area contributed by atoms with Crippen LogP contribution in [-0.2, 0) is 0 Å². The van der Waals surface area contributed by atoms with Crippen LogP contribution in [0.2, 0.25) is 0 Å². The number of hydrogen-bond donors (Lipinski definition) is 1. The molecule has 1 aliphatic rings. The van der Waals surface area contributed by atoms with Crippen LogP contribution < -0.4 is 5.73 Å². The molecule has 2 N–H and O–H groups in total. The van der Waals surface area contributed by atoms with E-state index in [9.17, 15) is 0 Å². The van der Waals surface area contributed by atoms with Crippen LogP contribution in [0.3, 0.4) is 0 Å². The highest BCUT2D eigenvalue weighted by atomic mass is 14.8. The summed E-state index contributed by atoms with van der Waals surface area (Å²) in [6, 6.07) is 0. The van der Waals surface area contributed by atoms with E-state index in [2.05, 4.69) is 27.7 Å². The molecule has 0 radical (unpaired) electrons. The summed E-state index contributed by atoms with van der Waals surface area (Å²) in [6.45, 7) is 9.15. The van der Waals surface area contributed by atoms with Crippen molar-refractivity contribution in [1.82, 2.24) is 0 Å². The van der Waals surface area contributed by atoms with Gasteiger partial charge in [0.15, 0.2) is 0 Å². The molecule has 0 amide bonds. The lowest BCUT2D eigenvalue weighted by atomic mass is 9.85. The Labute approximate surface area is 70.4 Å². The molecule has 1 fully saturated rings. The summed E-state index contributed by atoms with van der Waals surface area (Å²) in [5.41, 5.74) is 6.88. The SMILES string of the molecule is CCC1(N)CC(C)(C)CC1C. The van der Waals surface area contributed by atoms with Crippen LogP contribution in [0.15, 0.2) is 0 Å². The summed E-state index contributed by atoms with van der Waals surface area (Å²) in [6.07, 6.45) is 3.60. The molecule has 1 nitrogen and oxygen atoms in total. The summed E-state index contributed by atoms with van der Waals surface area (Å²) in [5.74, 6) is 0.697. The van der Waals surface area contributed by atoms with E-state index in [0.29, 0.717) is 11.3 Å². The lowest BCUT2D eigenvalue weighted by molar-refractivity contribution is 0.312. The second-order valence-electron chi connectivity index (χ2n) is 5.03. The van der Waals surface area contributed by atoms with Crippen molar-refractivity contribution in [3.05, 3.63) is 0 Å². The molecular weight excluding hydrogens is 134 g/mol. The van der Waals surface area contributed by atoms with Gasteiger partial charge in [-0.1, -0.05) is 27.7 Å². The smallest absolute Gasteiger partial charge is 0.0182 e. The van der Waals surface area contributed by atoms with E-state index < -0.39 is 0 Å². The topological polar surface area (TPSA) is 26.0 Å². The minimum atomic E-state index is 0.128. The molecule has 0 heterocycles. The van der Waals surface area contributed by atoms with E-state index in [-0.39, 0.29) is 5.54 Å². The third-order valence-corrected chi connectivity index (χ3v) is 3.31. The van der Waals surface area contributed by atoms with E-state index in [0.717, 1.165) is 6.42 Å². The highest BCUT2D eigenvalue weighted by Gasteiger charge is 2.44. The highest BCUT2D eigenvalue weighted by Crippen LogP contribution is 2.47. The molecule has 2 unspecified atom stereocenters. The Morgan fingerprint density at radius 3 is 2.18 bits per heavy atom. The van der Waals surface area contributed by atoms with Gasteiger partial charge in [-0.15, -0.1) is 0 Å². The summed E-state index contributed by atoms with van der Waals surface area (Å²) >= 11 is 0. The lowest BCUT2D eigenvalue weighted by Crippen LogP contribution is -2.41. The van der Waals surface area contributed by atoms with Crippen LogP contribution in [-0.4, -0.2) is 5.54 Å². The van der Waals surface area contributed by atoms with Crippen molar-refractivity contribution in [2.24, 2.45) is 17.1 Å². The molecule has 0 spiro atoms. The first kappa shape index (κ1) is 9.05. The molecule has 1 saturated carbocycles. The Morgan fingerprint density at radius 2 is 2.00 bits per heavy atom. The lowest BCUT2D eigenvalue weighted by Gasteiger charge is -2.28. The average molecular weight is 155 g/mol. The van der Waals surface area contributed by atoms with Gasteiger partial charge in [0.2, 0.25) is 0 Å². The Kier molecular flexibility index (Phi) is 2.04. The van der Waals surface area contributed by atoms with Gasteiger partial charge in [0.25, 0.3) is 0 Å². The van der Waals surface area contributed by atoms with Crippen molar-refractivity contribution in [2.75, 3.05) is 0 Å². The summed E-state index contributed by atoms with van der Waals surface area (Å²) in [5, 5.41) is 0. The molecular formula is C10H21N. The van der Waals surface area contributed by atoms with Gasteiger partial charge in [-0.2, -0.15) is 0 Å². The second kappa shape index (κ2) is 2.48. The molecule has 1 rings (SSSR count). The Balaban J connectivity index is 2.73. The van der Waals surface area contributed by atoms with Crippen molar-refractivity contribution in [3.63, 3.8) is 0 Å². The van der Waals surface area contributed by atoms with Crippen LogP contribution in [0.25, 0.3) is 0 Å². The monoisotopic (exact) mass is 155 g/mol. The van der Waals surface area contributed by atoms with Gasteiger partial charge < -0.3 is 5.73 Å². The first-order valence-electron chi connectivity index (χ1n) is 4.68. The van der Waals surface area contributed by atoms with Gasteiger partial charge in [-0.05, 0) is 30.6 Å². The molecule has 0 saturated heterocycles. The zero-order valence-corrected chi connectivity index (χ0v) is 8.28. The molecule has 66 valence electrons. The average Bonchev–Trinajstić information content (AvgIpc) is 2.03. The standard InChI is InChI=1S/C10H21N/c1-5-10(11)7-9(3,4)6-8(10)2/h8H,5-7,11H2,1-4H3. The zero-order valence-electron chi connectivity index (χ0n) is 8.28. The number of hydrogen-bond acceptors (Lipinski definition) is 1. The number of nitrogens with two attached hydrogens (primary N) is 1. The van der Waals surface area contributed by atoms with Crippen LogP contribution >= 0.6 is 0 Å². The van der Waals surface area contributed by atoms with E-state index in [4.69, 9.17) is 5.73 Å². The molecule has 1 heteroatoms. The quantitative estimate of drug-likeness (QED) is 0.618. The Morgan fingerprint density at radius 1 is 1.45 bits per heavy atom. The van der Waals surface area contributed by atoms with Crippen molar-refractivity contribution in [2.45, 2.75) is 52.5 Å². The molecule has 0 aliphatic heterocycles. The van der Waals surface area contributed by atoms with Crippen molar-refractivity contribution >= 4 is 0 Å². The van der Waals surface area contributed by atoms with Crippen molar-refractivity contribution in [3.8, 4) is 0 Å². The van der Waals surface area contributed by atoms with Gasteiger partial charge in [0.05, 0.1) is 0 Å². The maximum Gasteiger partial charge on any atom is 0.0182 e. The van der Waals surface area contributed by atoms with Gasteiger partial charge >= 0.3 is 0 Å². The van der Waals surface area contributed by atoms with Crippen LogP contribution in [0.4, 0.5) is 0 Å². The first-order chi connectivity index (χ1) is 4.90. The molecule has 0 aromatic carbocycles. The fourth-order valence-corrected chi connectivity index (χ4v) is 2.64. The molecule has 0 bridgehead atoms. The summed E-state index contributed by atoms with van der Waals surface area (Å²) in [4.78, 5) is 0. The normalized spacial score (nSPS) is 42.8. The molecule has 1 aliphatic carbocycles. The Bertz CT molecular complexity index is 151. The molecule has 0 aromatic heterocycles. The minimum Gasteiger partial charge on any atom is -0.325 e. The van der Waals surface area contributed by atoms with E-state index >= 15 is 0 Å². The second-order valence-corrected chi connectivity index (χ2v) is 5.03. The Hall–Kier alpha value is -0.0400. The van der Waals surface area contributed by atoms with Crippen molar-refractivity contribution < 1.29 is 0 Å². The van der Waals surface area contributed by atoms with Gasteiger partial charge in [0, 0.05) is 5.54 Å². The number of rotatable bonds is 1. The van der Waals surface area contributed by atoms with Crippen LogP contribution in [0.1, 0.15) is 47.0 Å². The minimum absolute atomic E-state index is 0.128. The first-order valence-corrected chi connectivity index (χ1v) is 4.68. The summed E-state index contributed by atoms with van der Waals surface area (Å²) < 4.78 is 0. The fourth-order valence-electron chi connectivity index (χ4n) is 2.64. The highest BCUT2D eigenvalue weighted by molar-refractivity contribution is 5.00. The summed E-state index contributed by atoms with van der Waals surface area (Å²) in [7, 11) is 0. The maximum absolute atomic E-state index is 6.28. The van der Waals surface area contributed by atoms with Gasteiger partial charge in [-0.25, -0.2) is 0 Å². The molecule has 2 atom stereocenters. The van der Waals surface area contributed by atoms with Crippen LogP contribution in [0, 0.1) is 11.3 Å². The van der Waals surface area contributed by atoms with Gasteiger partial charge in [0.1, 0.15) is 0 Å². The van der Waals surface area contributed by atoms with E-state index in [1.165, 1.54) is 12.8 Å². The van der Waals surface area contributed by atoms with E-state index in [1.807, 2.05) is 0 Å². The van der Waals surface area contributed by atoms with E-state index in [1.54, 1.807) is 0 Å². The molecule has 0 aromatic rings. The fraction of sp³-hybridized carbons (Fsp3) is 1.00. The van der Waals surface area contributed by atoms with Crippen LogP contribution in [0.5, 0.6) is 0 Å². The zero-order chi connectivity index (χ0) is 8.70. The molecule has 11 heavy (non-hydrogen) atoms. The van der Waals surface area contributed by atoms with Gasteiger partial charge in [-0.3, -0.25) is 0 Å². The predicted molar refractivity (Wildman–Crippen MR) is 49.4 cm³/mol. The van der Waals surface area contributed by atoms with Crippen molar-refractivity contribution in [1.29, 1.82) is 0 Å². The third-order valence-electron chi connectivity index (χ3n) is 3.31. The third kappa shape index (κ3) is 1.58. The maximum atomic E-state index is 6.28.